The number of carbonyl (C=O) groups excluding carboxylic acids is 1. The molecule has 1 aliphatic carbocycles. The predicted molar refractivity (Wildman–Crippen MR) is 103 cm³/mol. The molecule has 2 N–H and O–H groups in total. The zero-order valence-electron chi connectivity index (χ0n) is 15.2. The summed E-state index contributed by atoms with van der Waals surface area (Å²) >= 11 is 0. The molecule has 4 rings (SSSR count). The number of H-pyrrole nitrogens is 1. The Kier molecular flexibility index (Phi) is 4.33. The van der Waals surface area contributed by atoms with Gasteiger partial charge in [-0.3, -0.25) is 9.89 Å². The van der Waals surface area contributed by atoms with E-state index in [-0.39, 0.29) is 11.9 Å². The van der Waals surface area contributed by atoms with Crippen LogP contribution in [0.3, 0.4) is 0 Å². The van der Waals surface area contributed by atoms with Crippen molar-refractivity contribution >= 4 is 5.91 Å². The number of hydrogen-bond donors (Lipinski definition) is 2. The number of carbonyl (C=O) groups is 1. The number of rotatable bonds is 3. The van der Waals surface area contributed by atoms with Crippen molar-refractivity contribution in [2.24, 2.45) is 0 Å². The van der Waals surface area contributed by atoms with Crippen LogP contribution in [-0.4, -0.2) is 16.1 Å². The lowest BCUT2D eigenvalue weighted by atomic mass is 9.87. The van der Waals surface area contributed by atoms with E-state index >= 15 is 0 Å². The van der Waals surface area contributed by atoms with Crippen molar-refractivity contribution in [3.8, 4) is 11.3 Å². The van der Waals surface area contributed by atoms with E-state index in [9.17, 15) is 4.79 Å². The second-order valence-electron chi connectivity index (χ2n) is 7.08. The monoisotopic (exact) mass is 345 g/mol. The Hall–Kier alpha value is -2.88. The zero-order chi connectivity index (χ0) is 18.1. The highest BCUT2D eigenvalue weighted by Gasteiger charge is 2.22. The molecule has 132 valence electrons. The minimum absolute atomic E-state index is 0.0702. The molecule has 0 spiro atoms. The largest absolute Gasteiger partial charge is 0.344 e. The normalized spacial score (nSPS) is 16.2. The molecular formula is C22H23N3O. The van der Waals surface area contributed by atoms with Gasteiger partial charge in [0.25, 0.3) is 5.91 Å². The molecule has 1 heterocycles. The van der Waals surface area contributed by atoms with E-state index in [2.05, 4.69) is 59.7 Å². The summed E-state index contributed by atoms with van der Waals surface area (Å²) in [6, 6.07) is 16.5. The molecular weight excluding hydrogens is 322 g/mol. The van der Waals surface area contributed by atoms with Crippen LogP contribution in [0.25, 0.3) is 11.3 Å². The molecule has 0 aliphatic heterocycles. The van der Waals surface area contributed by atoms with Crippen molar-refractivity contribution in [3.05, 3.63) is 76.5 Å². The van der Waals surface area contributed by atoms with Gasteiger partial charge in [0.15, 0.2) is 0 Å². The standard InChI is InChI=1S/C22H23N3O/c1-14-10-11-17(12-15(14)2)20-13-21(25-24-20)22(26)23-19-9-5-7-16-6-3-4-8-18(16)19/h3-4,6,8,10-13,19H,5,7,9H2,1-2H3,(H,23,26)(H,24,25). The maximum atomic E-state index is 12.7. The topological polar surface area (TPSA) is 57.8 Å². The molecule has 0 radical (unpaired) electrons. The first kappa shape index (κ1) is 16.6. The van der Waals surface area contributed by atoms with Crippen LogP contribution >= 0.6 is 0 Å². The predicted octanol–water partition coefficient (Wildman–Crippen LogP) is 4.50. The summed E-state index contributed by atoms with van der Waals surface area (Å²) in [5.74, 6) is -0.103. The van der Waals surface area contributed by atoms with Gasteiger partial charge in [-0.05, 0) is 67.5 Å². The number of amides is 1. The molecule has 1 aliphatic rings. The quantitative estimate of drug-likeness (QED) is 0.734. The molecule has 4 heteroatoms. The van der Waals surface area contributed by atoms with Crippen molar-refractivity contribution in [1.82, 2.24) is 15.5 Å². The number of aromatic nitrogens is 2. The highest BCUT2D eigenvalue weighted by molar-refractivity contribution is 5.93. The fourth-order valence-electron chi connectivity index (χ4n) is 3.63. The van der Waals surface area contributed by atoms with Crippen LogP contribution in [0.5, 0.6) is 0 Å². The van der Waals surface area contributed by atoms with Crippen LogP contribution < -0.4 is 5.32 Å². The Balaban J connectivity index is 1.53. The Morgan fingerprint density at radius 3 is 2.81 bits per heavy atom. The molecule has 1 atom stereocenters. The zero-order valence-corrected chi connectivity index (χ0v) is 15.2. The van der Waals surface area contributed by atoms with Gasteiger partial charge in [-0.25, -0.2) is 0 Å². The fraction of sp³-hybridized carbons (Fsp3) is 0.273. The third-order valence-corrected chi connectivity index (χ3v) is 5.30. The first-order valence-corrected chi connectivity index (χ1v) is 9.13. The summed E-state index contributed by atoms with van der Waals surface area (Å²) in [6.07, 6.45) is 3.16. The van der Waals surface area contributed by atoms with Crippen LogP contribution in [0.1, 0.15) is 51.6 Å². The van der Waals surface area contributed by atoms with Crippen LogP contribution in [0.2, 0.25) is 0 Å². The van der Waals surface area contributed by atoms with E-state index in [1.54, 1.807) is 0 Å². The summed E-state index contributed by atoms with van der Waals surface area (Å²) < 4.78 is 0. The first-order chi connectivity index (χ1) is 12.6. The molecule has 3 aromatic rings. The first-order valence-electron chi connectivity index (χ1n) is 9.13. The molecule has 0 fully saturated rings. The van der Waals surface area contributed by atoms with Crippen molar-refractivity contribution < 1.29 is 4.79 Å². The lowest BCUT2D eigenvalue weighted by molar-refractivity contribution is 0.0927. The van der Waals surface area contributed by atoms with E-state index in [0.717, 1.165) is 30.5 Å². The van der Waals surface area contributed by atoms with Gasteiger partial charge in [-0.15, -0.1) is 0 Å². The van der Waals surface area contributed by atoms with Crippen LogP contribution in [0.15, 0.2) is 48.5 Å². The molecule has 1 unspecified atom stereocenters. The second kappa shape index (κ2) is 6.79. The average Bonchev–Trinajstić information content (AvgIpc) is 3.15. The number of benzene rings is 2. The van der Waals surface area contributed by atoms with Crippen LogP contribution in [0.4, 0.5) is 0 Å². The fourth-order valence-corrected chi connectivity index (χ4v) is 3.63. The third-order valence-electron chi connectivity index (χ3n) is 5.30. The van der Waals surface area contributed by atoms with Gasteiger partial charge in [-0.1, -0.05) is 36.4 Å². The second-order valence-corrected chi connectivity index (χ2v) is 7.08. The molecule has 26 heavy (non-hydrogen) atoms. The van der Waals surface area contributed by atoms with Crippen molar-refractivity contribution in [2.75, 3.05) is 0 Å². The van der Waals surface area contributed by atoms with Crippen LogP contribution in [-0.2, 0) is 6.42 Å². The summed E-state index contributed by atoms with van der Waals surface area (Å²) in [5, 5.41) is 10.4. The molecule has 1 amide bonds. The molecule has 0 bridgehead atoms. The highest BCUT2D eigenvalue weighted by atomic mass is 16.2. The van der Waals surface area contributed by atoms with Gasteiger partial charge in [0.2, 0.25) is 0 Å². The molecule has 1 aromatic heterocycles. The number of nitrogens with one attached hydrogen (secondary N) is 2. The van der Waals surface area contributed by atoms with Crippen LogP contribution in [0, 0.1) is 13.8 Å². The summed E-state index contributed by atoms with van der Waals surface area (Å²) in [4.78, 5) is 12.7. The van der Waals surface area contributed by atoms with Crippen molar-refractivity contribution in [2.45, 2.75) is 39.2 Å². The van der Waals surface area contributed by atoms with E-state index < -0.39 is 0 Å². The lowest BCUT2D eigenvalue weighted by Crippen LogP contribution is -2.31. The van der Waals surface area contributed by atoms with Gasteiger partial charge in [-0.2, -0.15) is 5.10 Å². The number of nitrogens with zero attached hydrogens (tertiary/aromatic N) is 1. The summed E-state index contributed by atoms with van der Waals surface area (Å²) in [7, 11) is 0. The minimum Gasteiger partial charge on any atom is -0.344 e. The number of fused-ring (bicyclic) bond motifs is 1. The SMILES string of the molecule is Cc1ccc(-c2cc(C(=O)NC3CCCc4ccccc43)[nH]n2)cc1C. The van der Waals surface area contributed by atoms with Gasteiger partial charge < -0.3 is 5.32 Å². The minimum atomic E-state index is -0.103. The van der Waals surface area contributed by atoms with Gasteiger partial charge in [0.1, 0.15) is 5.69 Å². The highest BCUT2D eigenvalue weighted by Crippen LogP contribution is 2.29. The Morgan fingerprint density at radius 1 is 1.12 bits per heavy atom. The molecule has 0 saturated heterocycles. The van der Waals surface area contributed by atoms with Gasteiger partial charge in [0, 0.05) is 5.56 Å². The molecule has 2 aromatic carbocycles. The maximum Gasteiger partial charge on any atom is 0.269 e. The molecule has 0 saturated carbocycles. The van der Waals surface area contributed by atoms with E-state index in [4.69, 9.17) is 0 Å². The van der Waals surface area contributed by atoms with Gasteiger partial charge in [0.05, 0.1) is 11.7 Å². The average molecular weight is 345 g/mol. The summed E-state index contributed by atoms with van der Waals surface area (Å²) in [6.45, 7) is 4.17. The number of hydrogen-bond acceptors (Lipinski definition) is 2. The van der Waals surface area contributed by atoms with E-state index in [1.165, 1.54) is 22.3 Å². The Labute approximate surface area is 153 Å². The lowest BCUT2D eigenvalue weighted by Gasteiger charge is -2.26. The Bertz CT molecular complexity index is 958. The smallest absolute Gasteiger partial charge is 0.269 e. The van der Waals surface area contributed by atoms with Gasteiger partial charge >= 0.3 is 0 Å². The summed E-state index contributed by atoms with van der Waals surface area (Å²) in [5.41, 5.74) is 7.36. The molecule has 4 nitrogen and oxygen atoms in total. The Morgan fingerprint density at radius 2 is 1.96 bits per heavy atom. The van der Waals surface area contributed by atoms with Crippen molar-refractivity contribution in [3.63, 3.8) is 0 Å². The maximum absolute atomic E-state index is 12.7. The third kappa shape index (κ3) is 3.15. The van der Waals surface area contributed by atoms with Crippen molar-refractivity contribution in [1.29, 1.82) is 0 Å². The van der Waals surface area contributed by atoms with E-state index in [0.29, 0.717) is 5.69 Å². The number of aryl methyl sites for hydroxylation is 3. The van der Waals surface area contributed by atoms with E-state index in [1.807, 2.05) is 18.2 Å². The number of aromatic amines is 1.